The standard InChI is InChI=1S/C16H15F3N4O4S2/c1-15(7-26-8-15)12(25)21-13-22-23-14(29-13)28-6-11(24)20-9-2-4-10(5-3-9)27-16(17,18)19/h2-5H,6-8H2,1H3,(H,20,24)(H,21,22,25). The molecule has 29 heavy (non-hydrogen) atoms. The Morgan fingerprint density at radius 3 is 2.52 bits per heavy atom. The van der Waals surface area contributed by atoms with Crippen LogP contribution in [0.1, 0.15) is 6.92 Å². The van der Waals surface area contributed by atoms with Crippen LogP contribution in [0.4, 0.5) is 24.0 Å². The van der Waals surface area contributed by atoms with E-state index in [9.17, 15) is 22.8 Å². The minimum Gasteiger partial charge on any atom is -0.406 e. The van der Waals surface area contributed by atoms with Gasteiger partial charge < -0.3 is 14.8 Å². The maximum absolute atomic E-state index is 12.1. The van der Waals surface area contributed by atoms with Crippen molar-refractivity contribution in [2.75, 3.05) is 29.6 Å². The van der Waals surface area contributed by atoms with Crippen LogP contribution in [0.15, 0.2) is 28.6 Å². The Hall–Kier alpha value is -2.38. The summed E-state index contributed by atoms with van der Waals surface area (Å²) in [6.07, 6.45) is -4.77. The quantitative estimate of drug-likeness (QED) is 0.496. The number of alkyl halides is 3. The van der Waals surface area contributed by atoms with Gasteiger partial charge in [0, 0.05) is 5.69 Å². The van der Waals surface area contributed by atoms with Gasteiger partial charge in [-0.1, -0.05) is 23.1 Å². The summed E-state index contributed by atoms with van der Waals surface area (Å²) < 4.78 is 45.7. The molecule has 1 aromatic heterocycles. The third-order valence-electron chi connectivity index (χ3n) is 3.71. The lowest BCUT2D eigenvalue weighted by Crippen LogP contribution is -2.49. The minimum absolute atomic E-state index is 0.00887. The Balaban J connectivity index is 1.45. The molecule has 0 unspecified atom stereocenters. The van der Waals surface area contributed by atoms with Crippen LogP contribution in [0.5, 0.6) is 5.75 Å². The largest absolute Gasteiger partial charge is 0.573 e. The summed E-state index contributed by atoms with van der Waals surface area (Å²) in [6.45, 7) is 2.49. The molecular weight excluding hydrogens is 433 g/mol. The molecular formula is C16H15F3N4O4S2. The molecule has 0 radical (unpaired) electrons. The normalized spacial score (nSPS) is 15.3. The second kappa shape index (κ2) is 8.55. The smallest absolute Gasteiger partial charge is 0.406 e. The molecule has 0 bridgehead atoms. The van der Waals surface area contributed by atoms with Crippen molar-refractivity contribution >= 4 is 45.7 Å². The first-order chi connectivity index (χ1) is 13.6. The SMILES string of the molecule is CC1(C(=O)Nc2nnc(SCC(=O)Nc3ccc(OC(F)(F)F)cc3)s2)COC1. The second-order valence-electron chi connectivity index (χ2n) is 6.29. The number of thioether (sulfide) groups is 1. The molecule has 0 atom stereocenters. The van der Waals surface area contributed by atoms with E-state index in [2.05, 4.69) is 25.6 Å². The maximum Gasteiger partial charge on any atom is 0.573 e. The molecule has 8 nitrogen and oxygen atoms in total. The zero-order valence-electron chi connectivity index (χ0n) is 14.9. The van der Waals surface area contributed by atoms with Gasteiger partial charge in [0.1, 0.15) is 5.75 Å². The van der Waals surface area contributed by atoms with Crippen LogP contribution in [-0.2, 0) is 14.3 Å². The van der Waals surface area contributed by atoms with E-state index in [0.717, 1.165) is 35.2 Å². The Morgan fingerprint density at radius 1 is 1.24 bits per heavy atom. The third kappa shape index (κ3) is 6.05. The minimum atomic E-state index is -4.77. The van der Waals surface area contributed by atoms with E-state index in [1.54, 1.807) is 6.92 Å². The van der Waals surface area contributed by atoms with Crippen molar-refractivity contribution in [3.05, 3.63) is 24.3 Å². The monoisotopic (exact) mass is 448 g/mol. The zero-order chi connectivity index (χ0) is 21.1. The third-order valence-corrected chi connectivity index (χ3v) is 5.69. The number of nitrogens with zero attached hydrogens (tertiary/aromatic N) is 2. The summed E-state index contributed by atoms with van der Waals surface area (Å²) in [7, 11) is 0. The van der Waals surface area contributed by atoms with Gasteiger partial charge in [-0.05, 0) is 31.2 Å². The number of rotatable bonds is 7. The van der Waals surface area contributed by atoms with Crippen molar-refractivity contribution in [1.82, 2.24) is 10.2 Å². The van der Waals surface area contributed by atoms with E-state index >= 15 is 0 Å². The summed E-state index contributed by atoms with van der Waals surface area (Å²) in [5, 5.41) is 13.3. The summed E-state index contributed by atoms with van der Waals surface area (Å²) in [5.74, 6) is -0.947. The highest BCUT2D eigenvalue weighted by atomic mass is 32.2. The highest BCUT2D eigenvalue weighted by molar-refractivity contribution is 8.01. The van der Waals surface area contributed by atoms with Crippen molar-refractivity contribution < 1.29 is 32.2 Å². The first kappa shape index (κ1) is 21.3. The zero-order valence-corrected chi connectivity index (χ0v) is 16.5. The number of halogens is 3. The fourth-order valence-corrected chi connectivity index (χ4v) is 3.72. The maximum atomic E-state index is 12.1. The average Bonchev–Trinajstić information content (AvgIpc) is 3.05. The van der Waals surface area contributed by atoms with Crippen LogP contribution in [-0.4, -0.2) is 47.3 Å². The number of anilines is 2. The van der Waals surface area contributed by atoms with Crippen LogP contribution >= 0.6 is 23.1 Å². The molecule has 1 fully saturated rings. The fraction of sp³-hybridized carbons (Fsp3) is 0.375. The Kier molecular flexibility index (Phi) is 6.29. The lowest BCUT2D eigenvalue weighted by atomic mass is 9.88. The van der Waals surface area contributed by atoms with Crippen molar-refractivity contribution in [3.8, 4) is 5.75 Å². The van der Waals surface area contributed by atoms with Gasteiger partial charge in [-0.25, -0.2) is 0 Å². The molecule has 1 aliphatic rings. The molecule has 2 N–H and O–H groups in total. The van der Waals surface area contributed by atoms with E-state index in [1.165, 1.54) is 12.1 Å². The van der Waals surface area contributed by atoms with Gasteiger partial charge >= 0.3 is 6.36 Å². The first-order valence-corrected chi connectivity index (χ1v) is 9.94. The van der Waals surface area contributed by atoms with E-state index in [-0.39, 0.29) is 23.3 Å². The highest BCUT2D eigenvalue weighted by Crippen LogP contribution is 2.31. The fourth-order valence-electron chi connectivity index (χ4n) is 2.17. The molecule has 1 aromatic carbocycles. The summed E-state index contributed by atoms with van der Waals surface area (Å²) >= 11 is 2.25. The molecule has 13 heteroatoms. The number of carbonyl (C=O) groups is 2. The van der Waals surface area contributed by atoms with E-state index in [0.29, 0.717) is 28.4 Å². The summed E-state index contributed by atoms with van der Waals surface area (Å²) in [4.78, 5) is 24.1. The number of nitrogens with one attached hydrogen (secondary N) is 2. The Bertz CT molecular complexity index is 885. The predicted molar refractivity (Wildman–Crippen MR) is 99.9 cm³/mol. The van der Waals surface area contributed by atoms with Crippen LogP contribution in [0.25, 0.3) is 0 Å². The van der Waals surface area contributed by atoms with E-state index < -0.39 is 11.8 Å². The van der Waals surface area contributed by atoms with Crippen LogP contribution in [0.3, 0.4) is 0 Å². The predicted octanol–water partition coefficient (Wildman–Crippen LogP) is 3.14. The second-order valence-corrected chi connectivity index (χ2v) is 8.49. The van der Waals surface area contributed by atoms with E-state index in [1.807, 2.05) is 0 Å². The number of aromatic nitrogens is 2. The molecule has 2 heterocycles. The Labute approximate surface area is 171 Å². The Morgan fingerprint density at radius 2 is 1.93 bits per heavy atom. The molecule has 2 aromatic rings. The van der Waals surface area contributed by atoms with Gasteiger partial charge in [0.2, 0.25) is 16.9 Å². The number of amides is 2. The van der Waals surface area contributed by atoms with Gasteiger partial charge in [-0.2, -0.15) is 0 Å². The molecule has 1 aliphatic heterocycles. The first-order valence-electron chi connectivity index (χ1n) is 8.14. The molecule has 0 aliphatic carbocycles. The van der Waals surface area contributed by atoms with Gasteiger partial charge in [0.05, 0.1) is 24.4 Å². The highest BCUT2D eigenvalue weighted by Gasteiger charge is 2.41. The molecule has 3 rings (SSSR count). The molecule has 2 amide bonds. The molecule has 156 valence electrons. The number of benzene rings is 1. The van der Waals surface area contributed by atoms with Gasteiger partial charge in [-0.3, -0.25) is 14.9 Å². The van der Waals surface area contributed by atoms with Crippen molar-refractivity contribution in [2.24, 2.45) is 5.41 Å². The van der Waals surface area contributed by atoms with Crippen molar-refractivity contribution in [1.29, 1.82) is 0 Å². The van der Waals surface area contributed by atoms with Crippen LogP contribution in [0.2, 0.25) is 0 Å². The van der Waals surface area contributed by atoms with Crippen LogP contribution < -0.4 is 15.4 Å². The van der Waals surface area contributed by atoms with E-state index in [4.69, 9.17) is 4.74 Å². The summed E-state index contributed by atoms with van der Waals surface area (Å²) in [6, 6.07) is 4.80. The number of hydrogen-bond donors (Lipinski definition) is 2. The van der Waals surface area contributed by atoms with Gasteiger partial charge in [-0.15, -0.1) is 23.4 Å². The van der Waals surface area contributed by atoms with Gasteiger partial charge in [0.25, 0.3) is 0 Å². The lowest BCUT2D eigenvalue weighted by Gasteiger charge is -2.35. The topological polar surface area (TPSA) is 102 Å². The molecule has 0 spiro atoms. The number of carbonyl (C=O) groups excluding carboxylic acids is 2. The van der Waals surface area contributed by atoms with Crippen molar-refractivity contribution in [2.45, 2.75) is 17.6 Å². The molecule has 0 saturated carbocycles. The summed E-state index contributed by atoms with van der Waals surface area (Å²) in [5.41, 5.74) is -0.245. The lowest BCUT2D eigenvalue weighted by molar-refractivity contribution is -0.274. The van der Waals surface area contributed by atoms with Crippen LogP contribution in [0, 0.1) is 5.41 Å². The number of ether oxygens (including phenoxy) is 2. The number of hydrogen-bond acceptors (Lipinski definition) is 8. The average molecular weight is 448 g/mol. The van der Waals surface area contributed by atoms with Crippen molar-refractivity contribution in [3.63, 3.8) is 0 Å². The van der Waals surface area contributed by atoms with Gasteiger partial charge in [0.15, 0.2) is 4.34 Å². The molecule has 1 saturated heterocycles.